The minimum Gasteiger partial charge on any atom is -0.316 e. The number of hydrogen-bond donors (Lipinski definition) is 1. The van der Waals surface area contributed by atoms with E-state index in [1.165, 1.54) is 12.8 Å². The van der Waals surface area contributed by atoms with E-state index < -0.39 is 0 Å². The van der Waals surface area contributed by atoms with E-state index in [0.717, 1.165) is 24.9 Å². The second-order valence-corrected chi connectivity index (χ2v) is 4.31. The van der Waals surface area contributed by atoms with Crippen LogP contribution in [0.1, 0.15) is 33.6 Å². The van der Waals surface area contributed by atoms with E-state index in [-0.39, 0.29) is 0 Å². The van der Waals surface area contributed by atoms with Crippen molar-refractivity contribution in [2.24, 2.45) is 11.8 Å². The largest absolute Gasteiger partial charge is 0.316 e. The molecule has 0 amide bonds. The molecule has 12 heavy (non-hydrogen) atoms. The molecule has 1 N–H and O–H groups in total. The Hall–Kier alpha value is 0.250. The molecule has 0 aromatic heterocycles. The predicted octanol–water partition coefficient (Wildman–Crippen LogP) is 2.89. The predicted molar refractivity (Wildman–Crippen MR) is 56.8 cm³/mol. The van der Waals surface area contributed by atoms with E-state index in [4.69, 9.17) is 11.6 Å². The second-order valence-electron chi connectivity index (χ2n) is 4.00. The van der Waals surface area contributed by atoms with Crippen LogP contribution in [0, 0.1) is 11.8 Å². The van der Waals surface area contributed by atoms with E-state index in [9.17, 15) is 0 Å². The first kappa shape index (κ1) is 12.2. The average Bonchev–Trinajstić information content (AvgIpc) is 2.03. The maximum Gasteiger partial charge on any atom is 0.0261 e. The summed E-state index contributed by atoms with van der Waals surface area (Å²) in [6.45, 7) is 8.90. The van der Waals surface area contributed by atoms with E-state index in [1.807, 2.05) is 0 Å². The van der Waals surface area contributed by atoms with Crippen LogP contribution in [-0.4, -0.2) is 19.0 Å². The first-order valence-electron chi connectivity index (χ1n) is 4.93. The molecule has 0 saturated heterocycles. The van der Waals surface area contributed by atoms with Crippen LogP contribution in [0.25, 0.3) is 0 Å². The Kier molecular flexibility index (Phi) is 8.04. The molecular weight excluding hydrogens is 170 g/mol. The minimum atomic E-state index is 0.603. The first-order valence-corrected chi connectivity index (χ1v) is 5.47. The van der Waals surface area contributed by atoms with Crippen molar-refractivity contribution < 1.29 is 0 Å². The number of rotatable bonds is 7. The quantitative estimate of drug-likeness (QED) is 0.482. The number of nitrogens with one attached hydrogen (secondary N) is 1. The molecule has 0 rings (SSSR count). The van der Waals surface area contributed by atoms with Crippen molar-refractivity contribution in [2.45, 2.75) is 33.6 Å². The van der Waals surface area contributed by atoms with Gasteiger partial charge in [0.05, 0.1) is 0 Å². The van der Waals surface area contributed by atoms with Crippen molar-refractivity contribution in [1.82, 2.24) is 5.32 Å². The summed E-state index contributed by atoms with van der Waals surface area (Å²) < 4.78 is 0. The molecule has 0 fully saturated rings. The van der Waals surface area contributed by atoms with E-state index in [0.29, 0.717) is 5.92 Å². The Morgan fingerprint density at radius 1 is 1.25 bits per heavy atom. The number of halogens is 1. The number of alkyl halides is 1. The molecule has 0 radical (unpaired) electrons. The van der Waals surface area contributed by atoms with Crippen molar-refractivity contribution >= 4 is 11.6 Å². The van der Waals surface area contributed by atoms with Gasteiger partial charge in [-0.25, -0.2) is 0 Å². The highest BCUT2D eigenvalue weighted by Crippen LogP contribution is 2.02. The highest BCUT2D eigenvalue weighted by atomic mass is 35.5. The van der Waals surface area contributed by atoms with Crippen molar-refractivity contribution in [3.8, 4) is 0 Å². The minimum absolute atomic E-state index is 0.603. The van der Waals surface area contributed by atoms with E-state index in [2.05, 4.69) is 26.1 Å². The maximum atomic E-state index is 5.68. The highest BCUT2D eigenvalue weighted by molar-refractivity contribution is 6.18. The number of hydrogen-bond acceptors (Lipinski definition) is 1. The molecule has 0 aliphatic rings. The lowest BCUT2D eigenvalue weighted by atomic mass is 10.1. The first-order chi connectivity index (χ1) is 5.66. The molecule has 0 heterocycles. The Morgan fingerprint density at radius 2 is 1.92 bits per heavy atom. The fourth-order valence-corrected chi connectivity index (χ4v) is 1.15. The maximum absolute atomic E-state index is 5.68. The average molecular weight is 192 g/mol. The fourth-order valence-electron chi connectivity index (χ4n) is 1.04. The SMILES string of the molecule is CC(C)CCCNCC(C)CCl. The third-order valence-corrected chi connectivity index (χ3v) is 2.42. The molecule has 0 saturated carbocycles. The van der Waals surface area contributed by atoms with Crippen LogP contribution in [0.4, 0.5) is 0 Å². The molecule has 2 heteroatoms. The smallest absolute Gasteiger partial charge is 0.0261 e. The summed E-state index contributed by atoms with van der Waals surface area (Å²) >= 11 is 5.68. The molecule has 0 bridgehead atoms. The van der Waals surface area contributed by atoms with Crippen LogP contribution in [0.2, 0.25) is 0 Å². The Labute approximate surface area is 81.9 Å². The third-order valence-electron chi connectivity index (χ3n) is 1.89. The van der Waals surface area contributed by atoms with Gasteiger partial charge in [0, 0.05) is 5.88 Å². The third kappa shape index (κ3) is 8.35. The van der Waals surface area contributed by atoms with Gasteiger partial charge in [-0.3, -0.25) is 0 Å². The fraction of sp³-hybridized carbons (Fsp3) is 1.00. The van der Waals surface area contributed by atoms with Crippen molar-refractivity contribution in [1.29, 1.82) is 0 Å². The summed E-state index contributed by atoms with van der Waals surface area (Å²) in [7, 11) is 0. The van der Waals surface area contributed by atoms with Crippen LogP contribution in [0.5, 0.6) is 0 Å². The zero-order valence-electron chi connectivity index (χ0n) is 8.57. The lowest BCUT2D eigenvalue weighted by molar-refractivity contribution is 0.500. The summed E-state index contributed by atoms with van der Waals surface area (Å²) in [5.74, 6) is 2.19. The second kappa shape index (κ2) is 7.88. The van der Waals surface area contributed by atoms with Gasteiger partial charge < -0.3 is 5.32 Å². The molecule has 0 aromatic carbocycles. The Balaban J connectivity index is 3.00. The molecule has 74 valence electrons. The normalized spacial score (nSPS) is 13.8. The lowest BCUT2D eigenvalue weighted by Gasteiger charge is -2.09. The van der Waals surface area contributed by atoms with E-state index in [1.54, 1.807) is 0 Å². The van der Waals surface area contributed by atoms with Crippen LogP contribution in [0.15, 0.2) is 0 Å². The molecule has 0 aromatic rings. The van der Waals surface area contributed by atoms with Crippen LogP contribution < -0.4 is 5.32 Å². The van der Waals surface area contributed by atoms with Gasteiger partial charge in [0.25, 0.3) is 0 Å². The van der Waals surface area contributed by atoms with Crippen molar-refractivity contribution in [3.63, 3.8) is 0 Å². The van der Waals surface area contributed by atoms with Crippen LogP contribution >= 0.6 is 11.6 Å². The molecule has 0 aliphatic heterocycles. The Morgan fingerprint density at radius 3 is 2.42 bits per heavy atom. The summed E-state index contributed by atoms with van der Waals surface area (Å²) in [5.41, 5.74) is 0. The molecule has 1 unspecified atom stereocenters. The summed E-state index contributed by atoms with van der Waals surface area (Å²) in [6.07, 6.45) is 2.61. The highest BCUT2D eigenvalue weighted by Gasteiger charge is 1.98. The molecule has 1 nitrogen and oxygen atoms in total. The van der Waals surface area contributed by atoms with Gasteiger partial charge in [-0.15, -0.1) is 11.6 Å². The van der Waals surface area contributed by atoms with Gasteiger partial charge in [-0.1, -0.05) is 20.8 Å². The van der Waals surface area contributed by atoms with Crippen molar-refractivity contribution in [2.75, 3.05) is 19.0 Å². The molecule has 0 spiro atoms. The van der Waals surface area contributed by atoms with Gasteiger partial charge in [0.1, 0.15) is 0 Å². The summed E-state index contributed by atoms with van der Waals surface area (Å²) in [5, 5.41) is 3.41. The van der Waals surface area contributed by atoms with Gasteiger partial charge in [-0.2, -0.15) is 0 Å². The summed E-state index contributed by atoms with van der Waals surface area (Å²) in [4.78, 5) is 0. The topological polar surface area (TPSA) is 12.0 Å². The van der Waals surface area contributed by atoms with E-state index >= 15 is 0 Å². The zero-order valence-corrected chi connectivity index (χ0v) is 9.32. The van der Waals surface area contributed by atoms with Crippen LogP contribution in [-0.2, 0) is 0 Å². The lowest BCUT2D eigenvalue weighted by Crippen LogP contribution is -2.23. The zero-order chi connectivity index (χ0) is 9.40. The standard InChI is InChI=1S/C10H22ClN/c1-9(2)5-4-6-12-8-10(3)7-11/h9-10,12H,4-8H2,1-3H3. The van der Waals surface area contributed by atoms with Gasteiger partial charge in [0.15, 0.2) is 0 Å². The monoisotopic (exact) mass is 191 g/mol. The van der Waals surface area contributed by atoms with Gasteiger partial charge in [-0.05, 0) is 37.8 Å². The van der Waals surface area contributed by atoms with Gasteiger partial charge in [0.2, 0.25) is 0 Å². The molecule has 1 atom stereocenters. The Bertz CT molecular complexity index is 93.8. The summed E-state index contributed by atoms with van der Waals surface area (Å²) in [6, 6.07) is 0. The van der Waals surface area contributed by atoms with Crippen LogP contribution in [0.3, 0.4) is 0 Å². The molecule has 0 aliphatic carbocycles. The van der Waals surface area contributed by atoms with Gasteiger partial charge >= 0.3 is 0 Å². The van der Waals surface area contributed by atoms with Crippen molar-refractivity contribution in [3.05, 3.63) is 0 Å². The molecular formula is C10H22ClN.